The molecule has 0 unspecified atom stereocenters. The molecular weight excluding hydrogens is 332 g/mol. The molecule has 2 aromatic heterocycles. The van der Waals surface area contributed by atoms with E-state index in [0.717, 1.165) is 42.2 Å². The molecule has 0 saturated carbocycles. The first-order valence-electron chi connectivity index (χ1n) is 9.14. The number of fused-ring (bicyclic) bond motifs is 1. The van der Waals surface area contributed by atoms with Gasteiger partial charge in [-0.15, -0.1) is 0 Å². The number of nitrogens with zero attached hydrogens (tertiary/aromatic N) is 3. The molecule has 1 atom stereocenters. The highest BCUT2D eigenvalue weighted by Crippen LogP contribution is 2.23. The van der Waals surface area contributed by atoms with Gasteiger partial charge < -0.3 is 25.7 Å². The highest BCUT2D eigenvalue weighted by atomic mass is 16.3. The minimum atomic E-state index is -0.0380. The lowest BCUT2D eigenvalue weighted by atomic mass is 10.1. The van der Waals surface area contributed by atoms with Crippen LogP contribution in [0.3, 0.4) is 0 Å². The van der Waals surface area contributed by atoms with E-state index in [1.165, 1.54) is 0 Å². The van der Waals surface area contributed by atoms with Crippen molar-refractivity contribution in [2.45, 2.75) is 38.3 Å². The van der Waals surface area contributed by atoms with Gasteiger partial charge in [0.2, 0.25) is 11.9 Å². The monoisotopic (exact) mass is 356 g/mol. The van der Waals surface area contributed by atoms with Gasteiger partial charge in [-0.3, -0.25) is 4.79 Å². The van der Waals surface area contributed by atoms with E-state index in [9.17, 15) is 4.79 Å². The Morgan fingerprint density at radius 1 is 1.38 bits per heavy atom. The number of anilines is 2. The second-order valence-corrected chi connectivity index (χ2v) is 6.76. The zero-order valence-electron chi connectivity index (χ0n) is 14.7. The van der Waals surface area contributed by atoms with Crippen LogP contribution in [0.5, 0.6) is 0 Å². The molecule has 1 fully saturated rings. The summed E-state index contributed by atoms with van der Waals surface area (Å²) in [6.07, 6.45) is 5.04. The lowest BCUT2D eigenvalue weighted by Crippen LogP contribution is -2.44. The first-order chi connectivity index (χ1) is 12.7. The third-order valence-corrected chi connectivity index (χ3v) is 5.04. The van der Waals surface area contributed by atoms with Crippen molar-refractivity contribution in [2.24, 2.45) is 0 Å². The van der Waals surface area contributed by atoms with Gasteiger partial charge >= 0.3 is 0 Å². The number of furan rings is 1. The number of rotatable bonds is 4. The molecule has 2 aromatic rings. The average Bonchev–Trinajstić information content (AvgIpc) is 3.30. The van der Waals surface area contributed by atoms with E-state index >= 15 is 0 Å². The van der Waals surface area contributed by atoms with Crippen molar-refractivity contribution >= 4 is 17.7 Å². The molecule has 1 saturated heterocycles. The Labute approximate surface area is 152 Å². The standard InChI is InChI=1S/C18H24N6O2/c19-18-22-14-6-9-24(17(25)15-4-1-7-20-15)8-5-13(14)16(23-18)21-11-12-3-2-10-26-12/h2-3,10,15,20H,1,4-9,11H2,(H3,19,21,22,23)/t15-/m1/s1. The zero-order chi connectivity index (χ0) is 17.9. The van der Waals surface area contributed by atoms with Gasteiger partial charge in [-0.2, -0.15) is 4.98 Å². The molecule has 0 radical (unpaired) electrons. The molecular formula is C18H24N6O2. The lowest BCUT2D eigenvalue weighted by molar-refractivity contribution is -0.132. The fourth-order valence-corrected chi connectivity index (χ4v) is 3.68. The predicted molar refractivity (Wildman–Crippen MR) is 97.5 cm³/mol. The van der Waals surface area contributed by atoms with Crippen LogP contribution in [0, 0.1) is 0 Å². The van der Waals surface area contributed by atoms with E-state index < -0.39 is 0 Å². The van der Waals surface area contributed by atoms with Crippen LogP contribution < -0.4 is 16.4 Å². The number of hydrogen-bond acceptors (Lipinski definition) is 7. The van der Waals surface area contributed by atoms with Crippen LogP contribution in [0.1, 0.15) is 29.9 Å². The second-order valence-electron chi connectivity index (χ2n) is 6.76. The predicted octanol–water partition coefficient (Wildman–Crippen LogP) is 0.943. The van der Waals surface area contributed by atoms with Crippen molar-refractivity contribution in [1.82, 2.24) is 20.2 Å². The molecule has 26 heavy (non-hydrogen) atoms. The van der Waals surface area contributed by atoms with Crippen LogP contribution in [0.2, 0.25) is 0 Å². The van der Waals surface area contributed by atoms with Crippen LogP contribution in [0.25, 0.3) is 0 Å². The molecule has 0 aliphatic carbocycles. The van der Waals surface area contributed by atoms with Gasteiger partial charge in [0.1, 0.15) is 11.6 Å². The van der Waals surface area contributed by atoms with Gasteiger partial charge in [0.05, 0.1) is 24.5 Å². The van der Waals surface area contributed by atoms with Crippen LogP contribution in [-0.4, -0.2) is 46.5 Å². The molecule has 0 aromatic carbocycles. The van der Waals surface area contributed by atoms with E-state index in [2.05, 4.69) is 20.6 Å². The quantitative estimate of drug-likeness (QED) is 0.748. The summed E-state index contributed by atoms with van der Waals surface area (Å²) in [6, 6.07) is 3.72. The summed E-state index contributed by atoms with van der Waals surface area (Å²) in [5, 5.41) is 6.59. The van der Waals surface area contributed by atoms with E-state index in [1.807, 2.05) is 17.0 Å². The maximum Gasteiger partial charge on any atom is 0.239 e. The molecule has 4 rings (SSSR count). The normalized spacial score (nSPS) is 19.8. The Bertz CT molecular complexity index is 770. The maximum absolute atomic E-state index is 12.7. The fraction of sp³-hybridized carbons (Fsp3) is 0.500. The zero-order valence-corrected chi connectivity index (χ0v) is 14.7. The van der Waals surface area contributed by atoms with Gasteiger partial charge in [-0.05, 0) is 37.9 Å². The summed E-state index contributed by atoms with van der Waals surface area (Å²) in [5.74, 6) is 2.01. The van der Waals surface area contributed by atoms with Crippen molar-refractivity contribution < 1.29 is 9.21 Å². The number of nitrogen functional groups attached to an aromatic ring is 1. The summed E-state index contributed by atoms with van der Waals surface area (Å²) >= 11 is 0. The van der Waals surface area contributed by atoms with Gasteiger partial charge in [-0.25, -0.2) is 4.98 Å². The first kappa shape index (κ1) is 16.8. The van der Waals surface area contributed by atoms with Crippen LogP contribution >= 0.6 is 0 Å². The maximum atomic E-state index is 12.7. The van der Waals surface area contributed by atoms with Crippen molar-refractivity contribution in [1.29, 1.82) is 0 Å². The molecule has 0 spiro atoms. The lowest BCUT2D eigenvalue weighted by Gasteiger charge is -2.23. The summed E-state index contributed by atoms with van der Waals surface area (Å²) in [6.45, 7) is 2.79. The first-order valence-corrected chi connectivity index (χ1v) is 9.14. The number of nitrogens with two attached hydrogens (primary N) is 1. The van der Waals surface area contributed by atoms with E-state index in [-0.39, 0.29) is 17.9 Å². The molecule has 4 N–H and O–H groups in total. The Morgan fingerprint density at radius 2 is 2.27 bits per heavy atom. The topological polar surface area (TPSA) is 109 Å². The van der Waals surface area contributed by atoms with E-state index in [0.29, 0.717) is 32.5 Å². The van der Waals surface area contributed by atoms with Crippen molar-refractivity contribution in [2.75, 3.05) is 30.7 Å². The third kappa shape index (κ3) is 3.50. The molecule has 0 bridgehead atoms. The number of aromatic nitrogens is 2. The average molecular weight is 356 g/mol. The smallest absolute Gasteiger partial charge is 0.239 e. The Balaban J connectivity index is 1.49. The molecule has 138 valence electrons. The number of carbonyl (C=O) groups is 1. The second kappa shape index (κ2) is 7.33. The number of hydrogen-bond donors (Lipinski definition) is 3. The van der Waals surface area contributed by atoms with Crippen molar-refractivity contribution in [3.63, 3.8) is 0 Å². The Kier molecular flexibility index (Phi) is 4.75. The number of carbonyl (C=O) groups excluding carboxylic acids is 1. The highest BCUT2D eigenvalue weighted by molar-refractivity contribution is 5.82. The van der Waals surface area contributed by atoms with Gasteiger partial charge in [0.25, 0.3) is 0 Å². The number of amides is 1. The van der Waals surface area contributed by atoms with Crippen molar-refractivity contribution in [3.05, 3.63) is 35.4 Å². The van der Waals surface area contributed by atoms with Crippen LogP contribution in [-0.2, 0) is 24.2 Å². The molecule has 4 heterocycles. The molecule has 2 aliphatic rings. The minimum absolute atomic E-state index is 0.0380. The van der Waals surface area contributed by atoms with E-state index in [1.54, 1.807) is 6.26 Å². The highest BCUT2D eigenvalue weighted by Gasteiger charge is 2.29. The summed E-state index contributed by atoms with van der Waals surface area (Å²) in [7, 11) is 0. The van der Waals surface area contributed by atoms with Crippen molar-refractivity contribution in [3.8, 4) is 0 Å². The molecule has 1 amide bonds. The third-order valence-electron chi connectivity index (χ3n) is 5.04. The number of nitrogens with one attached hydrogen (secondary N) is 2. The van der Waals surface area contributed by atoms with Crippen LogP contribution in [0.15, 0.2) is 22.8 Å². The Morgan fingerprint density at radius 3 is 3.04 bits per heavy atom. The SMILES string of the molecule is Nc1nc2c(c(NCc3ccco3)n1)CCN(C(=O)[C@H]1CCCN1)CC2. The minimum Gasteiger partial charge on any atom is -0.467 e. The molecule has 2 aliphatic heterocycles. The molecule has 8 heteroatoms. The Hall–Kier alpha value is -2.61. The largest absolute Gasteiger partial charge is 0.467 e. The van der Waals surface area contributed by atoms with Crippen LogP contribution in [0.4, 0.5) is 11.8 Å². The summed E-state index contributed by atoms with van der Waals surface area (Å²) < 4.78 is 5.36. The van der Waals surface area contributed by atoms with E-state index in [4.69, 9.17) is 10.2 Å². The van der Waals surface area contributed by atoms with Gasteiger partial charge in [0.15, 0.2) is 0 Å². The molecule has 8 nitrogen and oxygen atoms in total. The van der Waals surface area contributed by atoms with Gasteiger partial charge in [-0.1, -0.05) is 0 Å². The fourth-order valence-electron chi connectivity index (χ4n) is 3.68. The summed E-state index contributed by atoms with van der Waals surface area (Å²) in [4.78, 5) is 23.4. The summed E-state index contributed by atoms with van der Waals surface area (Å²) in [5.41, 5.74) is 7.87. The van der Waals surface area contributed by atoms with Gasteiger partial charge in [0, 0.05) is 25.1 Å².